The monoisotopic (exact) mass is 395 g/mol. The van der Waals surface area contributed by atoms with E-state index in [0.717, 1.165) is 16.7 Å². The summed E-state index contributed by atoms with van der Waals surface area (Å²) in [5.41, 5.74) is 4.46. The maximum Gasteiger partial charge on any atom is 0.280 e. The molecule has 10 nitrogen and oxygen atoms in total. The number of halogens is 2. The van der Waals surface area contributed by atoms with Crippen molar-refractivity contribution in [2.75, 3.05) is 12.3 Å². The highest BCUT2D eigenvalue weighted by atomic mass is 19.1. The number of benzene rings is 1. The van der Waals surface area contributed by atoms with Gasteiger partial charge in [-0.25, -0.2) is 13.8 Å². The molecule has 0 saturated carbocycles. The molecule has 0 unspecified atom stereocenters. The number of aliphatic hydroxyl groups is 3. The highest BCUT2D eigenvalue weighted by Gasteiger charge is 2.45. The highest BCUT2D eigenvalue weighted by Crippen LogP contribution is 2.35. The van der Waals surface area contributed by atoms with Crippen LogP contribution in [0.1, 0.15) is 6.23 Å². The van der Waals surface area contributed by atoms with Gasteiger partial charge < -0.3 is 25.8 Å². The summed E-state index contributed by atoms with van der Waals surface area (Å²) in [6.45, 7) is -0.596. The standard InChI is InChI=1S/C16H15F2N5O5/c17-6-1-5(2-7(18)3-6)12-20-9-13(21-16(19)22-14(9)27)23(12)15-11(26)10(25)8(4-24)28-15/h1-3,8,10-11,15,24-26H,4H2,(H3,19,21,22,27)/t8-,10-,11-,15-/m1/s1. The summed E-state index contributed by atoms with van der Waals surface area (Å²) in [6.07, 6.45) is -5.49. The molecule has 1 aliphatic heterocycles. The summed E-state index contributed by atoms with van der Waals surface area (Å²) in [5, 5.41) is 29.8. The Labute approximate surface area is 154 Å². The molecule has 1 aliphatic rings. The van der Waals surface area contributed by atoms with Gasteiger partial charge in [-0.2, -0.15) is 4.98 Å². The minimum absolute atomic E-state index is 0.0637. The molecule has 1 aromatic carbocycles. The number of imidazole rings is 1. The van der Waals surface area contributed by atoms with Crippen LogP contribution in [0.25, 0.3) is 22.6 Å². The number of anilines is 1. The minimum Gasteiger partial charge on any atom is -0.394 e. The van der Waals surface area contributed by atoms with Crippen molar-refractivity contribution >= 4 is 17.1 Å². The van der Waals surface area contributed by atoms with Crippen LogP contribution in [0.3, 0.4) is 0 Å². The summed E-state index contributed by atoms with van der Waals surface area (Å²) in [5.74, 6) is -2.19. The number of ether oxygens (including phenoxy) is 1. The number of nitrogens with zero attached hydrogens (tertiary/aromatic N) is 3. The van der Waals surface area contributed by atoms with Gasteiger partial charge in [0.2, 0.25) is 5.95 Å². The Morgan fingerprint density at radius 3 is 2.46 bits per heavy atom. The second-order valence-corrected chi connectivity index (χ2v) is 6.32. The van der Waals surface area contributed by atoms with Crippen molar-refractivity contribution in [3.8, 4) is 11.4 Å². The van der Waals surface area contributed by atoms with Crippen molar-refractivity contribution in [1.82, 2.24) is 19.5 Å². The second-order valence-electron chi connectivity index (χ2n) is 6.32. The highest BCUT2D eigenvalue weighted by molar-refractivity contribution is 5.77. The van der Waals surface area contributed by atoms with Crippen LogP contribution in [-0.2, 0) is 4.74 Å². The molecule has 148 valence electrons. The molecule has 4 atom stereocenters. The van der Waals surface area contributed by atoms with Crippen LogP contribution >= 0.6 is 0 Å². The Kier molecular flexibility index (Phi) is 4.34. The number of nitrogens with one attached hydrogen (secondary N) is 1. The largest absolute Gasteiger partial charge is 0.394 e. The average Bonchev–Trinajstić information content (AvgIpc) is 3.13. The molecule has 0 spiro atoms. The first-order valence-electron chi connectivity index (χ1n) is 8.16. The van der Waals surface area contributed by atoms with E-state index in [1.165, 1.54) is 0 Å². The Morgan fingerprint density at radius 1 is 1.18 bits per heavy atom. The van der Waals surface area contributed by atoms with E-state index in [2.05, 4.69) is 15.0 Å². The first-order chi connectivity index (χ1) is 13.3. The quantitative estimate of drug-likeness (QED) is 0.388. The third-order valence-electron chi connectivity index (χ3n) is 4.46. The number of H-pyrrole nitrogens is 1. The normalized spacial score (nSPS) is 24.9. The second kappa shape index (κ2) is 6.60. The van der Waals surface area contributed by atoms with E-state index >= 15 is 0 Å². The lowest BCUT2D eigenvalue weighted by atomic mass is 10.1. The number of aromatic amines is 1. The van der Waals surface area contributed by atoms with Gasteiger partial charge in [0.25, 0.3) is 5.56 Å². The van der Waals surface area contributed by atoms with Gasteiger partial charge in [-0.05, 0) is 12.1 Å². The first kappa shape index (κ1) is 18.4. The number of aromatic nitrogens is 4. The molecule has 1 saturated heterocycles. The van der Waals surface area contributed by atoms with E-state index < -0.39 is 48.3 Å². The zero-order chi connectivity index (χ0) is 20.2. The summed E-state index contributed by atoms with van der Waals surface area (Å²) in [7, 11) is 0. The van der Waals surface area contributed by atoms with Crippen LogP contribution in [0.4, 0.5) is 14.7 Å². The van der Waals surface area contributed by atoms with E-state index in [1.54, 1.807) is 0 Å². The van der Waals surface area contributed by atoms with Crippen LogP contribution in [0.2, 0.25) is 0 Å². The zero-order valence-corrected chi connectivity index (χ0v) is 14.1. The third kappa shape index (κ3) is 2.82. The SMILES string of the molecule is Nc1nc2c(nc(-c3cc(F)cc(F)c3)n2[C@@H]2O[C@H](CO)[C@@H](O)[C@H]2O)c(=O)[nH]1. The summed E-state index contributed by atoms with van der Waals surface area (Å²) >= 11 is 0. The maximum atomic E-state index is 13.7. The smallest absolute Gasteiger partial charge is 0.280 e. The lowest BCUT2D eigenvalue weighted by Gasteiger charge is -2.19. The first-order valence-corrected chi connectivity index (χ1v) is 8.16. The Hall–Kier alpha value is -2.93. The van der Waals surface area contributed by atoms with Gasteiger partial charge in [-0.15, -0.1) is 0 Å². The fourth-order valence-electron chi connectivity index (χ4n) is 3.22. The number of rotatable bonds is 3. The van der Waals surface area contributed by atoms with E-state index in [4.69, 9.17) is 10.5 Å². The predicted molar refractivity (Wildman–Crippen MR) is 90.9 cm³/mol. The van der Waals surface area contributed by atoms with E-state index in [1.807, 2.05) is 0 Å². The summed E-state index contributed by atoms with van der Waals surface area (Å²) in [4.78, 5) is 22.5. The molecule has 6 N–H and O–H groups in total. The van der Waals surface area contributed by atoms with Crippen molar-refractivity contribution in [2.45, 2.75) is 24.5 Å². The third-order valence-corrected chi connectivity index (χ3v) is 4.46. The average molecular weight is 395 g/mol. The number of hydrogen-bond acceptors (Lipinski definition) is 8. The van der Waals surface area contributed by atoms with Gasteiger partial charge in [0.1, 0.15) is 35.8 Å². The van der Waals surface area contributed by atoms with Crippen molar-refractivity contribution in [1.29, 1.82) is 0 Å². The number of aliphatic hydroxyl groups excluding tert-OH is 3. The molecule has 0 bridgehead atoms. The molecular formula is C16H15F2N5O5. The van der Waals surface area contributed by atoms with Crippen molar-refractivity contribution in [2.24, 2.45) is 0 Å². The number of nitrogen functional groups attached to an aromatic ring is 1. The van der Waals surface area contributed by atoms with Gasteiger partial charge >= 0.3 is 0 Å². The van der Waals surface area contributed by atoms with Crippen LogP contribution in [-0.4, -0.2) is 59.8 Å². The number of nitrogens with two attached hydrogens (primary N) is 1. The topological polar surface area (TPSA) is 160 Å². The molecule has 12 heteroatoms. The number of hydrogen-bond donors (Lipinski definition) is 5. The molecule has 0 radical (unpaired) electrons. The lowest BCUT2D eigenvalue weighted by molar-refractivity contribution is -0.0503. The van der Waals surface area contributed by atoms with Crippen LogP contribution < -0.4 is 11.3 Å². The van der Waals surface area contributed by atoms with Gasteiger partial charge in [0, 0.05) is 11.6 Å². The van der Waals surface area contributed by atoms with Crippen LogP contribution in [0.5, 0.6) is 0 Å². The van der Waals surface area contributed by atoms with Gasteiger partial charge in [-0.1, -0.05) is 0 Å². The fraction of sp³-hybridized carbons (Fsp3) is 0.312. The summed E-state index contributed by atoms with van der Waals surface area (Å²) < 4.78 is 34.1. The van der Waals surface area contributed by atoms with Crippen LogP contribution in [0, 0.1) is 11.6 Å². The van der Waals surface area contributed by atoms with E-state index in [9.17, 15) is 28.9 Å². The molecule has 1 fully saturated rings. The lowest BCUT2D eigenvalue weighted by Crippen LogP contribution is -2.33. The van der Waals surface area contributed by atoms with Crippen molar-refractivity contribution in [3.05, 3.63) is 40.2 Å². The van der Waals surface area contributed by atoms with E-state index in [-0.39, 0.29) is 28.5 Å². The zero-order valence-electron chi connectivity index (χ0n) is 14.1. The van der Waals surface area contributed by atoms with Crippen molar-refractivity contribution < 1.29 is 28.8 Å². The molecule has 28 heavy (non-hydrogen) atoms. The maximum absolute atomic E-state index is 13.7. The molecule has 3 aromatic rings. The molecule has 2 aromatic heterocycles. The van der Waals surface area contributed by atoms with Crippen LogP contribution in [0.15, 0.2) is 23.0 Å². The van der Waals surface area contributed by atoms with Gasteiger partial charge in [-0.3, -0.25) is 14.3 Å². The molecule has 0 aliphatic carbocycles. The predicted octanol–water partition coefficient (Wildman–Crippen LogP) is -0.742. The van der Waals surface area contributed by atoms with Crippen molar-refractivity contribution in [3.63, 3.8) is 0 Å². The molecule has 0 amide bonds. The molecule has 3 heterocycles. The minimum atomic E-state index is -1.55. The molecule has 4 rings (SSSR count). The van der Waals surface area contributed by atoms with Gasteiger partial charge in [0.05, 0.1) is 6.61 Å². The Balaban J connectivity index is 2.01. The van der Waals surface area contributed by atoms with Gasteiger partial charge in [0.15, 0.2) is 17.4 Å². The Morgan fingerprint density at radius 2 is 1.86 bits per heavy atom. The number of fused-ring (bicyclic) bond motifs is 1. The van der Waals surface area contributed by atoms with E-state index in [0.29, 0.717) is 6.07 Å². The fourth-order valence-corrected chi connectivity index (χ4v) is 3.22. The Bertz CT molecular complexity index is 1100. The summed E-state index contributed by atoms with van der Waals surface area (Å²) in [6, 6.07) is 2.60. The molecular weight excluding hydrogens is 380 g/mol.